The Morgan fingerprint density at radius 2 is 1.79 bits per heavy atom. The monoisotopic (exact) mass is 330 g/mol. The first kappa shape index (κ1) is 14.4. The zero-order valence-corrected chi connectivity index (χ0v) is 12.4. The van der Waals surface area contributed by atoms with Gasteiger partial charge in [0, 0.05) is 22.3 Å². The lowest BCUT2D eigenvalue weighted by molar-refractivity contribution is 1.21. The molecular formula is C13H6Cl4N2. The fourth-order valence-corrected chi connectivity index (χ4v) is 2.58. The molecule has 0 aliphatic rings. The first-order valence-corrected chi connectivity index (χ1v) is 6.70. The van der Waals surface area contributed by atoms with Gasteiger partial charge in [0.05, 0.1) is 22.5 Å². The molecule has 6 heteroatoms. The fraction of sp³-hybridized carbons (Fsp3) is 0.0769. The normalized spacial score (nSPS) is 10.3. The number of benzene rings is 1. The van der Waals surface area contributed by atoms with Gasteiger partial charge in [-0.05, 0) is 23.8 Å². The lowest BCUT2D eigenvalue weighted by Gasteiger charge is -2.10. The van der Waals surface area contributed by atoms with E-state index in [4.69, 9.17) is 51.7 Å². The van der Waals surface area contributed by atoms with Crippen LogP contribution in [0.4, 0.5) is 0 Å². The molecule has 1 aromatic heterocycles. The summed E-state index contributed by atoms with van der Waals surface area (Å²) in [5, 5.41) is 10.4. The molecule has 2 nitrogen and oxygen atoms in total. The van der Waals surface area contributed by atoms with Crippen molar-refractivity contribution in [3.05, 3.63) is 50.2 Å². The Balaban J connectivity index is 2.69. The van der Waals surface area contributed by atoms with E-state index < -0.39 is 0 Å². The lowest BCUT2D eigenvalue weighted by atomic mass is 10.0. The summed E-state index contributed by atoms with van der Waals surface area (Å²) in [6.07, 6.45) is 1.75. The third kappa shape index (κ3) is 3.13. The molecule has 1 heterocycles. The Hall–Kier alpha value is -0.980. The summed E-state index contributed by atoms with van der Waals surface area (Å²) < 4.78 is 0. The maximum absolute atomic E-state index is 8.86. The van der Waals surface area contributed by atoms with Gasteiger partial charge in [-0.2, -0.15) is 5.26 Å². The average molecular weight is 332 g/mol. The molecule has 0 aliphatic heterocycles. The van der Waals surface area contributed by atoms with Crippen molar-refractivity contribution >= 4 is 46.4 Å². The summed E-state index contributed by atoms with van der Waals surface area (Å²) in [7, 11) is 0. The molecule has 2 rings (SSSR count). The largest absolute Gasteiger partial charge is 0.244 e. The van der Waals surface area contributed by atoms with Crippen LogP contribution in [0, 0.1) is 11.3 Å². The molecule has 0 saturated carbocycles. The second kappa shape index (κ2) is 5.98. The summed E-state index contributed by atoms with van der Waals surface area (Å²) >= 11 is 24.0. The maximum Gasteiger partial charge on any atom is 0.129 e. The van der Waals surface area contributed by atoms with Crippen LogP contribution in [-0.4, -0.2) is 4.98 Å². The standard InChI is InChI=1S/C13H6Cl4N2/c14-8-4-9(13(17)11(15)5-8)10-6-19-12(16)3-7(10)1-2-18/h3-6H,1H2. The van der Waals surface area contributed by atoms with Crippen LogP contribution >= 0.6 is 46.4 Å². The van der Waals surface area contributed by atoms with E-state index in [1.807, 2.05) is 0 Å². The van der Waals surface area contributed by atoms with Crippen LogP contribution in [0.25, 0.3) is 11.1 Å². The smallest absolute Gasteiger partial charge is 0.129 e. The van der Waals surface area contributed by atoms with Crippen LogP contribution < -0.4 is 0 Å². The third-order valence-corrected chi connectivity index (χ3v) is 3.74. The quantitative estimate of drug-likeness (QED) is 0.543. The van der Waals surface area contributed by atoms with Gasteiger partial charge in [-0.25, -0.2) is 4.98 Å². The highest BCUT2D eigenvalue weighted by atomic mass is 35.5. The summed E-state index contributed by atoms with van der Waals surface area (Å²) in [6.45, 7) is 0. The first-order valence-electron chi connectivity index (χ1n) is 5.19. The van der Waals surface area contributed by atoms with Crippen LogP contribution in [-0.2, 0) is 6.42 Å². The molecule has 0 saturated heterocycles. The molecule has 96 valence electrons. The Morgan fingerprint density at radius 1 is 1.05 bits per heavy atom. The SMILES string of the molecule is N#CCc1cc(Cl)ncc1-c1cc(Cl)cc(Cl)c1Cl. The summed E-state index contributed by atoms with van der Waals surface area (Å²) in [5.74, 6) is 0. The van der Waals surface area contributed by atoms with E-state index in [2.05, 4.69) is 11.1 Å². The van der Waals surface area contributed by atoms with E-state index >= 15 is 0 Å². The van der Waals surface area contributed by atoms with Gasteiger partial charge in [0.1, 0.15) is 5.15 Å². The van der Waals surface area contributed by atoms with Crippen molar-refractivity contribution in [1.82, 2.24) is 4.98 Å². The number of rotatable bonds is 2. The molecule has 0 spiro atoms. The Morgan fingerprint density at radius 3 is 2.47 bits per heavy atom. The molecule has 0 radical (unpaired) electrons. The maximum atomic E-state index is 8.86. The Labute approximate surface area is 130 Å². The zero-order chi connectivity index (χ0) is 14.0. The molecule has 1 aromatic carbocycles. The van der Waals surface area contributed by atoms with Crippen LogP contribution in [0.2, 0.25) is 20.2 Å². The molecule has 0 bridgehead atoms. The van der Waals surface area contributed by atoms with Gasteiger partial charge in [-0.3, -0.25) is 0 Å². The number of nitriles is 1. The van der Waals surface area contributed by atoms with Gasteiger partial charge in [0.15, 0.2) is 0 Å². The first-order chi connectivity index (χ1) is 9.02. The lowest BCUT2D eigenvalue weighted by Crippen LogP contribution is -1.92. The molecule has 19 heavy (non-hydrogen) atoms. The highest BCUT2D eigenvalue weighted by Gasteiger charge is 2.13. The minimum Gasteiger partial charge on any atom is -0.244 e. The highest BCUT2D eigenvalue weighted by molar-refractivity contribution is 6.45. The van der Waals surface area contributed by atoms with Crippen molar-refractivity contribution in [3.8, 4) is 17.2 Å². The van der Waals surface area contributed by atoms with Crippen LogP contribution in [0.1, 0.15) is 5.56 Å². The average Bonchev–Trinajstić information content (AvgIpc) is 2.35. The third-order valence-electron chi connectivity index (χ3n) is 2.51. The molecule has 0 fully saturated rings. The van der Waals surface area contributed by atoms with E-state index in [0.717, 1.165) is 5.56 Å². The second-order valence-corrected chi connectivity index (χ2v) is 5.36. The Kier molecular flexibility index (Phi) is 4.54. The predicted octanol–water partition coefficient (Wildman–Crippen LogP) is 5.43. The summed E-state index contributed by atoms with van der Waals surface area (Å²) in [4.78, 5) is 4.01. The number of hydrogen-bond acceptors (Lipinski definition) is 2. The molecule has 0 N–H and O–H groups in total. The summed E-state index contributed by atoms with van der Waals surface area (Å²) in [6, 6.07) is 6.94. The van der Waals surface area contributed by atoms with Gasteiger partial charge < -0.3 is 0 Å². The van der Waals surface area contributed by atoms with Crippen molar-refractivity contribution < 1.29 is 0 Å². The van der Waals surface area contributed by atoms with Gasteiger partial charge >= 0.3 is 0 Å². The van der Waals surface area contributed by atoms with E-state index in [-0.39, 0.29) is 6.42 Å². The number of hydrogen-bond donors (Lipinski definition) is 0. The van der Waals surface area contributed by atoms with Crippen LogP contribution in [0.5, 0.6) is 0 Å². The molecule has 2 aromatic rings. The topological polar surface area (TPSA) is 36.7 Å². The van der Waals surface area contributed by atoms with Crippen molar-refractivity contribution in [2.45, 2.75) is 6.42 Å². The summed E-state index contributed by atoms with van der Waals surface area (Å²) in [5.41, 5.74) is 2.05. The number of halogens is 4. The van der Waals surface area contributed by atoms with E-state index in [1.54, 1.807) is 24.4 Å². The van der Waals surface area contributed by atoms with Gasteiger partial charge in [0.25, 0.3) is 0 Å². The molecule has 0 aliphatic carbocycles. The van der Waals surface area contributed by atoms with E-state index in [1.165, 1.54) is 0 Å². The number of pyridine rings is 1. The minimum atomic E-state index is 0.192. The fourth-order valence-electron chi connectivity index (χ4n) is 1.69. The highest BCUT2D eigenvalue weighted by Crippen LogP contribution is 2.38. The van der Waals surface area contributed by atoms with Crippen molar-refractivity contribution in [2.24, 2.45) is 0 Å². The van der Waals surface area contributed by atoms with Gasteiger partial charge in [-0.1, -0.05) is 46.4 Å². The van der Waals surface area contributed by atoms with Crippen molar-refractivity contribution in [2.75, 3.05) is 0 Å². The zero-order valence-electron chi connectivity index (χ0n) is 9.42. The van der Waals surface area contributed by atoms with E-state index in [9.17, 15) is 0 Å². The second-order valence-electron chi connectivity index (χ2n) is 3.75. The molecular weight excluding hydrogens is 326 g/mol. The van der Waals surface area contributed by atoms with Crippen molar-refractivity contribution in [1.29, 1.82) is 5.26 Å². The van der Waals surface area contributed by atoms with Crippen LogP contribution in [0.3, 0.4) is 0 Å². The Bertz CT molecular complexity index is 677. The molecule has 0 unspecified atom stereocenters. The van der Waals surface area contributed by atoms with Gasteiger partial charge in [0.2, 0.25) is 0 Å². The van der Waals surface area contributed by atoms with Gasteiger partial charge in [-0.15, -0.1) is 0 Å². The van der Waals surface area contributed by atoms with Crippen LogP contribution in [0.15, 0.2) is 24.4 Å². The number of nitrogens with zero attached hydrogens (tertiary/aromatic N) is 2. The van der Waals surface area contributed by atoms with E-state index in [0.29, 0.717) is 31.3 Å². The van der Waals surface area contributed by atoms with Crippen molar-refractivity contribution in [3.63, 3.8) is 0 Å². The minimum absolute atomic E-state index is 0.192. The predicted molar refractivity (Wildman–Crippen MR) is 79.0 cm³/mol. The molecule has 0 amide bonds. The molecule has 0 atom stereocenters. The number of aromatic nitrogens is 1.